The second-order valence-electron chi connectivity index (χ2n) is 4.73. The highest BCUT2D eigenvalue weighted by molar-refractivity contribution is 5.74. The molecule has 0 N–H and O–H groups in total. The van der Waals surface area contributed by atoms with Gasteiger partial charge in [-0.1, -0.05) is 0 Å². The largest absolute Gasteiger partial charge is 0.492 e. The first-order chi connectivity index (χ1) is 9.86. The lowest BCUT2D eigenvalue weighted by Gasteiger charge is -2.14. The van der Waals surface area contributed by atoms with Crippen LogP contribution in [0.15, 0.2) is 30.3 Å². The Bertz CT molecular complexity index is 706. The molecule has 0 bridgehead atoms. The van der Waals surface area contributed by atoms with E-state index in [0.29, 0.717) is 12.0 Å². The molecule has 21 heavy (non-hydrogen) atoms. The average molecular weight is 300 g/mol. The number of rotatable bonds is 1. The lowest BCUT2D eigenvalue weighted by molar-refractivity contribution is -0.137. The number of halogens is 5. The average Bonchev–Trinajstić information content (AvgIpc) is 2.87. The highest BCUT2D eigenvalue weighted by Crippen LogP contribution is 2.42. The molecule has 0 fully saturated rings. The van der Waals surface area contributed by atoms with Gasteiger partial charge in [-0.15, -0.1) is 0 Å². The van der Waals surface area contributed by atoms with Gasteiger partial charge in [-0.05, 0) is 35.9 Å². The molecule has 3 rings (SSSR count). The molecular weight excluding hydrogens is 291 g/mol. The molecule has 2 aromatic rings. The molecule has 110 valence electrons. The van der Waals surface area contributed by atoms with Crippen LogP contribution in [0.5, 0.6) is 5.75 Å². The van der Waals surface area contributed by atoms with Crippen molar-refractivity contribution in [1.29, 1.82) is 0 Å². The minimum atomic E-state index is -4.56. The van der Waals surface area contributed by atoms with Crippen LogP contribution in [0.25, 0.3) is 11.1 Å². The summed E-state index contributed by atoms with van der Waals surface area (Å²) < 4.78 is 71.2. The summed E-state index contributed by atoms with van der Waals surface area (Å²) in [5.74, 6) is -1.34. The highest BCUT2D eigenvalue weighted by atomic mass is 19.4. The van der Waals surface area contributed by atoms with E-state index in [1.54, 1.807) is 0 Å². The lowest BCUT2D eigenvalue weighted by Crippen LogP contribution is -2.06. The van der Waals surface area contributed by atoms with Crippen molar-refractivity contribution in [3.63, 3.8) is 0 Å². The van der Waals surface area contributed by atoms with E-state index in [-0.39, 0.29) is 23.5 Å². The van der Waals surface area contributed by atoms with Crippen molar-refractivity contribution in [2.45, 2.75) is 12.6 Å². The minimum Gasteiger partial charge on any atom is -0.492 e. The minimum absolute atomic E-state index is 0.0747. The normalized spacial score (nSPS) is 14.0. The molecular formula is C15H9F5O. The van der Waals surface area contributed by atoms with Gasteiger partial charge in [-0.25, -0.2) is 8.78 Å². The molecule has 6 heteroatoms. The Morgan fingerprint density at radius 3 is 2.43 bits per heavy atom. The van der Waals surface area contributed by atoms with Gasteiger partial charge in [0.25, 0.3) is 0 Å². The van der Waals surface area contributed by atoms with Crippen molar-refractivity contribution < 1.29 is 26.7 Å². The van der Waals surface area contributed by atoms with Gasteiger partial charge in [0.2, 0.25) is 0 Å². The smallest absolute Gasteiger partial charge is 0.416 e. The fourth-order valence-electron chi connectivity index (χ4n) is 2.38. The standard InChI is InChI=1S/C15H9F5O/c16-10-1-2-13(17)11(7-10)12-6-9(15(18,19)20)5-8-3-4-21-14(8)12/h1-2,5-7H,3-4H2. The Hall–Kier alpha value is -2.11. The fraction of sp³-hybridized carbons (Fsp3) is 0.200. The molecule has 0 aliphatic carbocycles. The highest BCUT2D eigenvalue weighted by Gasteiger charge is 2.34. The zero-order chi connectivity index (χ0) is 15.2. The predicted octanol–water partition coefficient (Wildman–Crippen LogP) is 4.59. The number of alkyl halides is 3. The zero-order valence-electron chi connectivity index (χ0n) is 10.6. The number of hydrogen-bond donors (Lipinski definition) is 0. The first kappa shape index (κ1) is 13.9. The van der Waals surface area contributed by atoms with Crippen LogP contribution in [0.3, 0.4) is 0 Å². The van der Waals surface area contributed by atoms with Crippen LogP contribution >= 0.6 is 0 Å². The molecule has 0 aromatic heterocycles. The van der Waals surface area contributed by atoms with Gasteiger partial charge in [0.05, 0.1) is 12.2 Å². The summed E-state index contributed by atoms with van der Waals surface area (Å²) in [6.45, 7) is 0.223. The molecule has 0 unspecified atom stereocenters. The first-order valence-corrected chi connectivity index (χ1v) is 6.18. The molecule has 1 nitrogen and oxygen atoms in total. The van der Waals surface area contributed by atoms with Crippen LogP contribution in [-0.2, 0) is 12.6 Å². The van der Waals surface area contributed by atoms with Gasteiger partial charge in [-0.3, -0.25) is 0 Å². The van der Waals surface area contributed by atoms with E-state index < -0.39 is 23.4 Å². The van der Waals surface area contributed by atoms with Crippen LogP contribution in [0.1, 0.15) is 11.1 Å². The van der Waals surface area contributed by atoms with Gasteiger partial charge in [0, 0.05) is 17.5 Å². The van der Waals surface area contributed by atoms with Crippen molar-refractivity contribution in [2.75, 3.05) is 6.61 Å². The van der Waals surface area contributed by atoms with Gasteiger partial charge >= 0.3 is 6.18 Å². The van der Waals surface area contributed by atoms with E-state index in [4.69, 9.17) is 4.74 Å². The van der Waals surface area contributed by atoms with Crippen LogP contribution < -0.4 is 4.74 Å². The van der Waals surface area contributed by atoms with E-state index in [1.807, 2.05) is 0 Å². The summed E-state index contributed by atoms with van der Waals surface area (Å²) in [5.41, 5.74) is -0.859. The van der Waals surface area contributed by atoms with Crippen LogP contribution in [0, 0.1) is 11.6 Å². The van der Waals surface area contributed by atoms with Gasteiger partial charge in [0.15, 0.2) is 0 Å². The summed E-state index contributed by atoms with van der Waals surface area (Å²) in [6, 6.07) is 4.44. The summed E-state index contributed by atoms with van der Waals surface area (Å²) in [4.78, 5) is 0. The molecule has 1 aliphatic heterocycles. The Balaban J connectivity index is 2.26. The van der Waals surface area contributed by atoms with Crippen LogP contribution in [0.4, 0.5) is 22.0 Å². The molecule has 0 saturated carbocycles. The molecule has 0 saturated heterocycles. The number of hydrogen-bond acceptors (Lipinski definition) is 1. The van der Waals surface area contributed by atoms with E-state index in [9.17, 15) is 22.0 Å². The summed E-state index contributed by atoms with van der Waals surface area (Å²) in [7, 11) is 0. The third-order valence-electron chi connectivity index (χ3n) is 3.33. The molecule has 1 aliphatic rings. The second kappa shape index (κ2) is 4.72. The van der Waals surface area contributed by atoms with Gasteiger partial charge in [-0.2, -0.15) is 13.2 Å². The van der Waals surface area contributed by atoms with Crippen molar-refractivity contribution in [3.05, 3.63) is 53.1 Å². The monoisotopic (exact) mass is 300 g/mol. The van der Waals surface area contributed by atoms with E-state index in [0.717, 1.165) is 30.3 Å². The maximum absolute atomic E-state index is 13.8. The number of benzene rings is 2. The first-order valence-electron chi connectivity index (χ1n) is 6.18. The van der Waals surface area contributed by atoms with E-state index in [1.165, 1.54) is 0 Å². The van der Waals surface area contributed by atoms with Gasteiger partial charge < -0.3 is 4.74 Å². The molecule has 0 spiro atoms. The summed E-state index contributed by atoms with van der Waals surface area (Å²) in [5, 5.41) is 0. The second-order valence-corrected chi connectivity index (χ2v) is 4.73. The third-order valence-corrected chi connectivity index (χ3v) is 3.33. The van der Waals surface area contributed by atoms with Crippen molar-refractivity contribution in [3.8, 4) is 16.9 Å². The SMILES string of the molecule is Fc1ccc(F)c(-c2cc(C(F)(F)F)cc3c2OCC3)c1. The Kier molecular flexibility index (Phi) is 3.11. The van der Waals surface area contributed by atoms with Crippen molar-refractivity contribution >= 4 is 0 Å². The Morgan fingerprint density at radius 2 is 1.71 bits per heavy atom. The summed E-state index contributed by atoms with van der Waals surface area (Å²) >= 11 is 0. The maximum atomic E-state index is 13.8. The Labute approximate surface area is 117 Å². The van der Waals surface area contributed by atoms with E-state index >= 15 is 0 Å². The maximum Gasteiger partial charge on any atom is 0.416 e. The number of ether oxygens (including phenoxy) is 1. The molecule has 0 atom stereocenters. The number of fused-ring (bicyclic) bond motifs is 1. The van der Waals surface area contributed by atoms with Crippen LogP contribution in [-0.4, -0.2) is 6.61 Å². The zero-order valence-corrected chi connectivity index (χ0v) is 10.6. The van der Waals surface area contributed by atoms with Crippen molar-refractivity contribution in [2.24, 2.45) is 0 Å². The fourth-order valence-corrected chi connectivity index (χ4v) is 2.38. The topological polar surface area (TPSA) is 9.23 Å². The van der Waals surface area contributed by atoms with Crippen LogP contribution in [0.2, 0.25) is 0 Å². The molecule has 0 amide bonds. The molecule has 1 heterocycles. The van der Waals surface area contributed by atoms with Crippen molar-refractivity contribution in [1.82, 2.24) is 0 Å². The Morgan fingerprint density at radius 1 is 0.952 bits per heavy atom. The molecule has 2 aromatic carbocycles. The lowest BCUT2D eigenvalue weighted by atomic mass is 9.97. The predicted molar refractivity (Wildman–Crippen MR) is 66.0 cm³/mol. The van der Waals surface area contributed by atoms with Gasteiger partial charge in [0.1, 0.15) is 17.4 Å². The quantitative estimate of drug-likeness (QED) is 0.700. The molecule has 0 radical (unpaired) electrons. The summed E-state index contributed by atoms with van der Waals surface area (Å²) in [6.07, 6.45) is -4.25. The van der Waals surface area contributed by atoms with E-state index in [2.05, 4.69) is 0 Å². The third kappa shape index (κ3) is 2.46.